The van der Waals surface area contributed by atoms with Crippen LogP contribution in [-0.4, -0.2) is 17.1 Å². The number of hydrogen-bond acceptors (Lipinski definition) is 2. The van der Waals surface area contributed by atoms with Gasteiger partial charge in [-0.15, -0.1) is 0 Å². The molecule has 0 fully saturated rings. The van der Waals surface area contributed by atoms with Crippen LogP contribution in [0, 0.1) is 0 Å². The molecule has 2 aromatic rings. The lowest BCUT2D eigenvalue weighted by atomic mass is 10.0. The van der Waals surface area contributed by atoms with Crippen LogP contribution in [-0.2, 0) is 0 Å². The van der Waals surface area contributed by atoms with Crippen LogP contribution >= 0.6 is 0 Å². The summed E-state index contributed by atoms with van der Waals surface area (Å²) in [5.74, 6) is -0.163. The number of phenolic OH excluding ortho intramolecular Hbond substituents is 1. The highest BCUT2D eigenvalue weighted by Gasteiger charge is 2.15. The third-order valence-electron chi connectivity index (χ3n) is 3.24. The Balaban J connectivity index is 2.30. The fourth-order valence-corrected chi connectivity index (χ4v) is 2.25. The van der Waals surface area contributed by atoms with Crippen molar-refractivity contribution in [1.29, 1.82) is 0 Å². The fraction of sp³-hybridized carbons (Fsp3) is 0.312. The smallest absolute Gasteiger partial charge is 0.255 e. The van der Waals surface area contributed by atoms with Gasteiger partial charge in [0.25, 0.3) is 5.91 Å². The van der Waals surface area contributed by atoms with Gasteiger partial charge in [0, 0.05) is 11.4 Å². The van der Waals surface area contributed by atoms with Gasteiger partial charge in [-0.05, 0) is 24.8 Å². The van der Waals surface area contributed by atoms with Gasteiger partial charge in [0.2, 0.25) is 0 Å². The number of benzene rings is 2. The first kappa shape index (κ1) is 13.4. The molecule has 0 aliphatic heterocycles. The Morgan fingerprint density at radius 3 is 2.74 bits per heavy atom. The summed E-state index contributed by atoms with van der Waals surface area (Å²) in [5, 5.41) is 14.7. The number of rotatable bonds is 4. The predicted octanol–water partition coefficient (Wildman–Crippen LogP) is 3.46. The number of nitrogens with one attached hydrogen (secondary N) is 1. The number of fused-ring (bicyclic) bond motifs is 1. The second kappa shape index (κ2) is 5.74. The van der Waals surface area contributed by atoms with E-state index in [1.165, 1.54) is 0 Å². The maximum atomic E-state index is 12.1. The standard InChI is InChI=1S/C16H19NO2/c1-3-6-11(2)17-16(19)14-10-9-12-7-4-5-8-13(12)15(14)18/h4-5,7-11,18H,3,6H2,1-2H3,(H,17,19). The van der Waals surface area contributed by atoms with Gasteiger partial charge in [-0.25, -0.2) is 0 Å². The van der Waals surface area contributed by atoms with Gasteiger partial charge in [0.15, 0.2) is 0 Å². The number of phenols is 1. The van der Waals surface area contributed by atoms with Crippen molar-refractivity contribution in [3.05, 3.63) is 42.0 Å². The quantitative estimate of drug-likeness (QED) is 0.881. The van der Waals surface area contributed by atoms with Crippen LogP contribution in [0.3, 0.4) is 0 Å². The van der Waals surface area contributed by atoms with Crippen LogP contribution in [0.1, 0.15) is 37.0 Å². The summed E-state index contributed by atoms with van der Waals surface area (Å²) >= 11 is 0. The molecule has 0 spiro atoms. The van der Waals surface area contributed by atoms with E-state index in [1.54, 1.807) is 6.07 Å². The zero-order chi connectivity index (χ0) is 13.8. The van der Waals surface area contributed by atoms with E-state index in [2.05, 4.69) is 12.2 Å². The summed E-state index contributed by atoms with van der Waals surface area (Å²) in [5.41, 5.74) is 0.335. The van der Waals surface area contributed by atoms with Gasteiger partial charge < -0.3 is 10.4 Å². The number of hydrogen-bond donors (Lipinski definition) is 2. The highest BCUT2D eigenvalue weighted by Crippen LogP contribution is 2.28. The third kappa shape index (κ3) is 2.87. The molecule has 1 unspecified atom stereocenters. The molecule has 0 saturated heterocycles. The number of amides is 1. The monoisotopic (exact) mass is 257 g/mol. The van der Waals surface area contributed by atoms with Crippen molar-refractivity contribution in [3.63, 3.8) is 0 Å². The first-order chi connectivity index (χ1) is 9.13. The molecule has 100 valence electrons. The molecule has 19 heavy (non-hydrogen) atoms. The average Bonchev–Trinajstić information content (AvgIpc) is 2.39. The molecule has 0 aliphatic carbocycles. The second-order valence-corrected chi connectivity index (χ2v) is 4.85. The molecule has 1 atom stereocenters. The van der Waals surface area contributed by atoms with Gasteiger partial charge in [0.1, 0.15) is 5.75 Å². The van der Waals surface area contributed by atoms with Crippen molar-refractivity contribution in [3.8, 4) is 5.75 Å². The summed E-state index contributed by atoms with van der Waals surface area (Å²) in [6.45, 7) is 4.05. The molecule has 2 rings (SSSR count). The molecule has 0 radical (unpaired) electrons. The Kier molecular flexibility index (Phi) is 4.05. The van der Waals surface area contributed by atoms with Crippen molar-refractivity contribution >= 4 is 16.7 Å². The van der Waals surface area contributed by atoms with E-state index < -0.39 is 0 Å². The van der Waals surface area contributed by atoms with E-state index in [9.17, 15) is 9.90 Å². The summed E-state index contributed by atoms with van der Waals surface area (Å²) in [6, 6.07) is 11.1. The Hall–Kier alpha value is -2.03. The van der Waals surface area contributed by atoms with Crippen molar-refractivity contribution in [2.45, 2.75) is 32.7 Å². The largest absolute Gasteiger partial charge is 0.506 e. The Labute approximate surface area is 113 Å². The minimum absolute atomic E-state index is 0.0549. The first-order valence-electron chi connectivity index (χ1n) is 6.65. The minimum atomic E-state index is -0.218. The van der Waals surface area contributed by atoms with Crippen LogP contribution in [0.5, 0.6) is 5.75 Å². The number of carbonyl (C=O) groups is 1. The lowest BCUT2D eigenvalue weighted by Gasteiger charge is -2.14. The van der Waals surface area contributed by atoms with E-state index >= 15 is 0 Å². The molecule has 2 aromatic carbocycles. The lowest BCUT2D eigenvalue weighted by molar-refractivity contribution is 0.0936. The molecule has 3 heteroatoms. The van der Waals surface area contributed by atoms with E-state index in [1.807, 2.05) is 37.3 Å². The minimum Gasteiger partial charge on any atom is -0.506 e. The van der Waals surface area contributed by atoms with Gasteiger partial charge in [-0.3, -0.25) is 4.79 Å². The Bertz CT molecular complexity index is 592. The van der Waals surface area contributed by atoms with Gasteiger partial charge in [0.05, 0.1) is 5.56 Å². The number of carbonyl (C=O) groups excluding carboxylic acids is 1. The predicted molar refractivity (Wildman–Crippen MR) is 77.4 cm³/mol. The SMILES string of the molecule is CCCC(C)NC(=O)c1ccc2ccccc2c1O. The van der Waals surface area contributed by atoms with Crippen LogP contribution in [0.2, 0.25) is 0 Å². The van der Waals surface area contributed by atoms with Crippen LogP contribution in [0.25, 0.3) is 10.8 Å². The first-order valence-corrected chi connectivity index (χ1v) is 6.65. The van der Waals surface area contributed by atoms with E-state index in [-0.39, 0.29) is 17.7 Å². The van der Waals surface area contributed by atoms with Crippen molar-refractivity contribution in [1.82, 2.24) is 5.32 Å². The van der Waals surface area contributed by atoms with Gasteiger partial charge in [-0.1, -0.05) is 43.7 Å². The molecule has 0 aromatic heterocycles. The molecule has 2 N–H and O–H groups in total. The zero-order valence-electron chi connectivity index (χ0n) is 11.3. The summed E-state index contributed by atoms with van der Waals surface area (Å²) in [6.07, 6.45) is 1.95. The van der Waals surface area contributed by atoms with E-state index in [0.29, 0.717) is 10.9 Å². The van der Waals surface area contributed by atoms with Crippen molar-refractivity contribution in [2.75, 3.05) is 0 Å². The van der Waals surface area contributed by atoms with Gasteiger partial charge >= 0.3 is 0 Å². The second-order valence-electron chi connectivity index (χ2n) is 4.85. The molecule has 0 bridgehead atoms. The molecule has 0 saturated carbocycles. The molecule has 3 nitrogen and oxygen atoms in total. The van der Waals surface area contributed by atoms with Crippen LogP contribution < -0.4 is 5.32 Å². The average molecular weight is 257 g/mol. The molecular weight excluding hydrogens is 238 g/mol. The van der Waals surface area contributed by atoms with Crippen LogP contribution in [0.15, 0.2) is 36.4 Å². The maximum absolute atomic E-state index is 12.1. The summed E-state index contributed by atoms with van der Waals surface area (Å²) in [4.78, 5) is 12.1. The van der Waals surface area contributed by atoms with E-state index in [0.717, 1.165) is 18.2 Å². The fourth-order valence-electron chi connectivity index (χ4n) is 2.25. The number of aromatic hydroxyl groups is 1. The van der Waals surface area contributed by atoms with Crippen molar-refractivity contribution in [2.24, 2.45) is 0 Å². The topological polar surface area (TPSA) is 49.3 Å². The Morgan fingerprint density at radius 2 is 2.00 bits per heavy atom. The molecule has 0 heterocycles. The highest BCUT2D eigenvalue weighted by atomic mass is 16.3. The van der Waals surface area contributed by atoms with E-state index in [4.69, 9.17) is 0 Å². The summed E-state index contributed by atoms with van der Waals surface area (Å²) in [7, 11) is 0. The summed E-state index contributed by atoms with van der Waals surface area (Å²) < 4.78 is 0. The molecular formula is C16H19NO2. The lowest BCUT2D eigenvalue weighted by Crippen LogP contribution is -2.32. The molecule has 0 aliphatic rings. The third-order valence-corrected chi connectivity index (χ3v) is 3.24. The highest BCUT2D eigenvalue weighted by molar-refractivity contribution is 6.03. The van der Waals surface area contributed by atoms with Crippen LogP contribution in [0.4, 0.5) is 0 Å². The zero-order valence-corrected chi connectivity index (χ0v) is 11.3. The van der Waals surface area contributed by atoms with Crippen molar-refractivity contribution < 1.29 is 9.90 Å². The maximum Gasteiger partial charge on any atom is 0.255 e. The normalized spacial score (nSPS) is 12.3. The molecule has 1 amide bonds. The van der Waals surface area contributed by atoms with Gasteiger partial charge in [-0.2, -0.15) is 0 Å². The Morgan fingerprint density at radius 1 is 1.26 bits per heavy atom.